The SMILES string of the molecule is CCCCN(CCC)c1ccnc(Cl)n1.Cc1cccc2c1ccn2C1CCC(C)CC1. The lowest BCUT2D eigenvalue weighted by Gasteiger charge is -2.28. The number of anilines is 1. The Hall–Kier alpha value is -2.07. The van der Waals surface area contributed by atoms with E-state index in [1.165, 1.54) is 55.0 Å². The molecule has 0 radical (unpaired) electrons. The second kappa shape index (κ2) is 12.2. The van der Waals surface area contributed by atoms with E-state index in [2.05, 4.69) is 77.6 Å². The van der Waals surface area contributed by atoms with Gasteiger partial charge in [0.15, 0.2) is 0 Å². The highest BCUT2D eigenvalue weighted by molar-refractivity contribution is 6.28. The van der Waals surface area contributed by atoms with E-state index in [9.17, 15) is 0 Å². The molecule has 1 saturated carbocycles. The first-order valence-electron chi connectivity index (χ1n) is 12.3. The number of fused-ring (bicyclic) bond motifs is 1. The Bertz CT molecular complexity index is 959. The Kier molecular flexibility index (Phi) is 9.40. The molecule has 32 heavy (non-hydrogen) atoms. The molecule has 0 bridgehead atoms. The summed E-state index contributed by atoms with van der Waals surface area (Å²) >= 11 is 5.77. The molecule has 0 saturated heterocycles. The summed E-state index contributed by atoms with van der Waals surface area (Å²) in [6.07, 6.45) is 13.0. The van der Waals surface area contributed by atoms with Crippen LogP contribution in [0.5, 0.6) is 0 Å². The molecule has 4 nitrogen and oxygen atoms in total. The highest BCUT2D eigenvalue weighted by atomic mass is 35.5. The van der Waals surface area contributed by atoms with Crippen molar-refractivity contribution in [1.82, 2.24) is 14.5 Å². The van der Waals surface area contributed by atoms with Crippen molar-refractivity contribution in [2.45, 2.75) is 78.7 Å². The van der Waals surface area contributed by atoms with E-state index >= 15 is 0 Å². The maximum atomic E-state index is 5.77. The smallest absolute Gasteiger partial charge is 0.224 e. The molecule has 1 fully saturated rings. The molecule has 5 heteroatoms. The van der Waals surface area contributed by atoms with Crippen LogP contribution in [0.15, 0.2) is 42.7 Å². The summed E-state index contributed by atoms with van der Waals surface area (Å²) in [5.41, 5.74) is 2.81. The van der Waals surface area contributed by atoms with Gasteiger partial charge in [0, 0.05) is 42.4 Å². The Labute approximate surface area is 199 Å². The third-order valence-corrected chi connectivity index (χ3v) is 6.75. The molecule has 1 aliphatic carbocycles. The molecule has 1 aliphatic rings. The Morgan fingerprint density at radius 3 is 2.50 bits per heavy atom. The van der Waals surface area contributed by atoms with Gasteiger partial charge in [-0.05, 0) is 86.7 Å². The van der Waals surface area contributed by atoms with Crippen molar-refractivity contribution < 1.29 is 0 Å². The Morgan fingerprint density at radius 2 is 1.81 bits per heavy atom. The maximum absolute atomic E-state index is 5.77. The average molecular weight is 455 g/mol. The quantitative estimate of drug-likeness (QED) is 0.341. The minimum absolute atomic E-state index is 0.324. The van der Waals surface area contributed by atoms with Gasteiger partial charge < -0.3 is 9.47 Å². The predicted octanol–water partition coefficient (Wildman–Crippen LogP) is 7.85. The highest BCUT2D eigenvalue weighted by Gasteiger charge is 2.20. The predicted molar refractivity (Wildman–Crippen MR) is 138 cm³/mol. The number of hydrogen-bond acceptors (Lipinski definition) is 3. The Balaban J connectivity index is 0.000000183. The number of halogens is 1. The first-order valence-corrected chi connectivity index (χ1v) is 12.7. The second-order valence-corrected chi connectivity index (χ2v) is 9.51. The minimum Gasteiger partial charge on any atom is -0.356 e. The standard InChI is InChI=1S/C16H21N.C11H18ClN3/c1-12-6-8-14(9-7-12)17-11-10-15-13(2)4-3-5-16(15)17;1-3-5-9-15(8-4-2)10-6-7-13-11(12)14-10/h3-5,10-12,14H,6-9H2,1-2H3;6-7H,3-5,8-9H2,1-2H3. The third kappa shape index (κ3) is 6.48. The van der Waals surface area contributed by atoms with Crippen LogP contribution >= 0.6 is 11.6 Å². The lowest BCUT2D eigenvalue weighted by Crippen LogP contribution is -2.26. The topological polar surface area (TPSA) is 34.0 Å². The zero-order valence-corrected chi connectivity index (χ0v) is 21.0. The first-order chi connectivity index (χ1) is 15.5. The molecule has 0 spiro atoms. The van der Waals surface area contributed by atoms with E-state index in [0.29, 0.717) is 5.28 Å². The number of aromatic nitrogens is 3. The van der Waals surface area contributed by atoms with Gasteiger partial charge in [0.2, 0.25) is 5.28 Å². The molecule has 4 rings (SSSR count). The molecule has 2 aromatic heterocycles. The summed E-state index contributed by atoms with van der Waals surface area (Å²) in [5, 5.41) is 1.75. The second-order valence-electron chi connectivity index (χ2n) is 9.17. The van der Waals surface area contributed by atoms with Gasteiger partial charge in [-0.1, -0.05) is 39.3 Å². The van der Waals surface area contributed by atoms with Gasteiger partial charge in [-0.15, -0.1) is 0 Å². The molecule has 0 aliphatic heterocycles. The molecule has 174 valence electrons. The van der Waals surface area contributed by atoms with Crippen LogP contribution in [0.25, 0.3) is 10.9 Å². The van der Waals surface area contributed by atoms with Gasteiger partial charge in [-0.25, -0.2) is 9.97 Å². The zero-order valence-electron chi connectivity index (χ0n) is 20.2. The molecule has 0 atom stereocenters. The number of aryl methyl sites for hydroxylation is 1. The lowest BCUT2D eigenvalue weighted by atomic mass is 9.87. The molecule has 2 heterocycles. The van der Waals surface area contributed by atoms with E-state index < -0.39 is 0 Å². The average Bonchev–Trinajstić information content (AvgIpc) is 3.23. The summed E-state index contributed by atoms with van der Waals surface area (Å²) in [4.78, 5) is 10.4. The fourth-order valence-electron chi connectivity index (χ4n) is 4.64. The van der Waals surface area contributed by atoms with Gasteiger partial charge in [-0.3, -0.25) is 0 Å². The number of hydrogen-bond donors (Lipinski definition) is 0. The largest absolute Gasteiger partial charge is 0.356 e. The third-order valence-electron chi connectivity index (χ3n) is 6.57. The van der Waals surface area contributed by atoms with Crippen molar-refractivity contribution in [3.8, 4) is 0 Å². The van der Waals surface area contributed by atoms with Gasteiger partial charge in [0.05, 0.1) is 0 Å². The first kappa shape index (κ1) is 24.6. The normalized spacial score (nSPS) is 18.3. The number of benzene rings is 1. The number of unbranched alkanes of at least 4 members (excludes halogenated alkanes) is 1. The molecule has 0 N–H and O–H groups in total. The summed E-state index contributed by atoms with van der Waals surface area (Å²) in [5.74, 6) is 1.86. The van der Waals surface area contributed by atoms with Gasteiger partial charge in [0.25, 0.3) is 0 Å². The Morgan fingerprint density at radius 1 is 1.03 bits per heavy atom. The number of rotatable bonds is 7. The van der Waals surface area contributed by atoms with Crippen LogP contribution in [0, 0.1) is 12.8 Å². The molecule has 0 unspecified atom stereocenters. The van der Waals surface area contributed by atoms with Crippen molar-refractivity contribution >= 4 is 28.3 Å². The van der Waals surface area contributed by atoms with Crippen LogP contribution in [-0.4, -0.2) is 27.6 Å². The number of nitrogens with zero attached hydrogens (tertiary/aromatic N) is 4. The van der Waals surface area contributed by atoms with Gasteiger partial charge in [0.1, 0.15) is 5.82 Å². The van der Waals surface area contributed by atoms with E-state index in [-0.39, 0.29) is 0 Å². The monoisotopic (exact) mass is 454 g/mol. The van der Waals surface area contributed by atoms with Crippen LogP contribution in [0.4, 0.5) is 5.82 Å². The molecule has 3 aromatic rings. The molecule has 1 aromatic carbocycles. The fourth-order valence-corrected chi connectivity index (χ4v) is 4.79. The molecule has 0 amide bonds. The fraction of sp³-hybridized carbons (Fsp3) is 0.556. The lowest BCUT2D eigenvalue weighted by molar-refractivity contribution is 0.294. The minimum atomic E-state index is 0.324. The summed E-state index contributed by atoms with van der Waals surface area (Å²) in [6.45, 7) is 11.0. The van der Waals surface area contributed by atoms with Gasteiger partial charge >= 0.3 is 0 Å². The van der Waals surface area contributed by atoms with Crippen molar-refractivity contribution in [2.75, 3.05) is 18.0 Å². The van der Waals surface area contributed by atoms with E-state index in [0.717, 1.165) is 37.3 Å². The van der Waals surface area contributed by atoms with Crippen LogP contribution in [0.2, 0.25) is 5.28 Å². The van der Waals surface area contributed by atoms with Crippen molar-refractivity contribution in [2.24, 2.45) is 5.92 Å². The maximum Gasteiger partial charge on any atom is 0.224 e. The van der Waals surface area contributed by atoms with Crippen molar-refractivity contribution in [1.29, 1.82) is 0 Å². The van der Waals surface area contributed by atoms with Crippen molar-refractivity contribution in [3.05, 3.63) is 53.6 Å². The van der Waals surface area contributed by atoms with Crippen LogP contribution in [0.3, 0.4) is 0 Å². The summed E-state index contributed by atoms with van der Waals surface area (Å²) in [6, 6.07) is 11.6. The van der Waals surface area contributed by atoms with Gasteiger partial charge in [-0.2, -0.15) is 0 Å². The molecular formula is C27H39ClN4. The van der Waals surface area contributed by atoms with Crippen LogP contribution < -0.4 is 4.90 Å². The van der Waals surface area contributed by atoms with Crippen molar-refractivity contribution in [3.63, 3.8) is 0 Å². The summed E-state index contributed by atoms with van der Waals surface area (Å²) < 4.78 is 2.51. The highest BCUT2D eigenvalue weighted by Crippen LogP contribution is 2.34. The van der Waals surface area contributed by atoms with E-state index in [4.69, 9.17) is 11.6 Å². The summed E-state index contributed by atoms with van der Waals surface area (Å²) in [7, 11) is 0. The van der Waals surface area contributed by atoms with Crippen LogP contribution in [0.1, 0.15) is 77.3 Å². The zero-order chi connectivity index (χ0) is 22.9. The van der Waals surface area contributed by atoms with E-state index in [1.54, 1.807) is 6.20 Å². The van der Waals surface area contributed by atoms with Crippen LogP contribution in [-0.2, 0) is 0 Å². The van der Waals surface area contributed by atoms with E-state index in [1.807, 2.05) is 6.07 Å². The molecular weight excluding hydrogens is 416 g/mol.